The second-order valence-corrected chi connectivity index (χ2v) is 9.64. The van der Waals surface area contributed by atoms with Crippen LogP contribution in [0, 0.1) is 13.8 Å². The Labute approximate surface area is 212 Å². The number of hydrogen-bond donors (Lipinski definition) is 2. The molecule has 0 aliphatic carbocycles. The minimum Gasteiger partial charge on any atom is -0.461 e. The van der Waals surface area contributed by atoms with Crippen molar-refractivity contribution in [3.8, 4) is 11.4 Å². The quantitative estimate of drug-likeness (QED) is 0.436. The van der Waals surface area contributed by atoms with Crippen LogP contribution in [-0.2, 0) is 9.53 Å². The molecule has 11 nitrogen and oxygen atoms in total. The Morgan fingerprint density at radius 3 is 2.78 bits per heavy atom. The molecule has 0 unspecified atom stereocenters. The van der Waals surface area contributed by atoms with E-state index in [2.05, 4.69) is 25.8 Å². The summed E-state index contributed by atoms with van der Waals surface area (Å²) in [5.41, 5.74) is 1.66. The molecule has 190 valence electrons. The number of carbonyl (C=O) groups excluding carboxylic acids is 3. The molecule has 1 fully saturated rings. The standard InChI is InChI=1S/C24H28N6O5S/c1-5-9-34-23(33)19-13(2)25-24(36-19)28-22(32)18-11-17(12-30(18)4)27-21(31)16-8-6-7-15(10-16)20-26-14(3)35-29-20/h6-8,10,17-18H,5,9,11-12H2,1-4H3,(H,27,31)(H,25,28,32)/t17-,18-/m1/s1. The summed E-state index contributed by atoms with van der Waals surface area (Å²) in [5.74, 6) is -0.0719. The third-order valence-electron chi connectivity index (χ3n) is 5.75. The number of likely N-dealkylation sites (N-methyl/N-ethyl adjacent to an activating group) is 1. The zero-order valence-corrected chi connectivity index (χ0v) is 21.3. The molecular weight excluding hydrogens is 484 g/mol. The molecule has 2 aromatic heterocycles. The molecule has 2 amide bonds. The van der Waals surface area contributed by atoms with Crippen molar-refractivity contribution in [2.75, 3.05) is 25.5 Å². The van der Waals surface area contributed by atoms with Crippen LogP contribution in [0.15, 0.2) is 28.8 Å². The number of nitrogens with zero attached hydrogens (tertiary/aromatic N) is 4. The van der Waals surface area contributed by atoms with Gasteiger partial charge in [0.15, 0.2) is 5.13 Å². The van der Waals surface area contributed by atoms with Gasteiger partial charge in [-0.15, -0.1) is 0 Å². The Balaban J connectivity index is 1.36. The number of thiazole rings is 1. The monoisotopic (exact) mass is 512 g/mol. The highest BCUT2D eigenvalue weighted by Crippen LogP contribution is 2.25. The van der Waals surface area contributed by atoms with Crippen molar-refractivity contribution in [3.05, 3.63) is 46.3 Å². The van der Waals surface area contributed by atoms with Crippen molar-refractivity contribution in [2.24, 2.45) is 0 Å². The molecule has 1 aliphatic heterocycles. The van der Waals surface area contributed by atoms with Crippen molar-refractivity contribution < 1.29 is 23.6 Å². The van der Waals surface area contributed by atoms with Crippen LogP contribution in [0.5, 0.6) is 0 Å². The van der Waals surface area contributed by atoms with Gasteiger partial charge in [-0.25, -0.2) is 9.78 Å². The maximum Gasteiger partial charge on any atom is 0.350 e. The predicted octanol–water partition coefficient (Wildman–Crippen LogP) is 2.82. The highest BCUT2D eigenvalue weighted by molar-refractivity contribution is 7.17. The number of nitrogens with one attached hydrogen (secondary N) is 2. The third kappa shape index (κ3) is 5.77. The first-order valence-electron chi connectivity index (χ1n) is 11.6. The molecular formula is C24H28N6O5S. The van der Waals surface area contributed by atoms with Crippen LogP contribution in [0.4, 0.5) is 5.13 Å². The molecule has 3 aromatic rings. The van der Waals surface area contributed by atoms with E-state index in [-0.39, 0.29) is 17.9 Å². The lowest BCUT2D eigenvalue weighted by atomic mass is 10.1. The van der Waals surface area contributed by atoms with E-state index in [0.29, 0.717) is 58.1 Å². The zero-order chi connectivity index (χ0) is 25.8. The van der Waals surface area contributed by atoms with Gasteiger partial charge in [0.05, 0.1) is 18.3 Å². The summed E-state index contributed by atoms with van der Waals surface area (Å²) in [5, 5.41) is 10.0. The molecule has 3 heterocycles. The van der Waals surface area contributed by atoms with E-state index >= 15 is 0 Å². The Morgan fingerprint density at radius 2 is 2.06 bits per heavy atom. The van der Waals surface area contributed by atoms with Gasteiger partial charge in [-0.3, -0.25) is 14.5 Å². The Kier molecular flexibility index (Phi) is 7.75. The normalized spacial score (nSPS) is 17.7. The second kappa shape index (κ2) is 11.0. The predicted molar refractivity (Wildman–Crippen MR) is 133 cm³/mol. The molecule has 2 atom stereocenters. The maximum absolute atomic E-state index is 13.0. The number of anilines is 1. The molecule has 1 saturated heterocycles. The van der Waals surface area contributed by atoms with Gasteiger partial charge >= 0.3 is 5.97 Å². The van der Waals surface area contributed by atoms with E-state index < -0.39 is 12.0 Å². The number of aryl methyl sites for hydroxylation is 2. The highest BCUT2D eigenvalue weighted by Gasteiger charge is 2.36. The molecule has 36 heavy (non-hydrogen) atoms. The minimum absolute atomic E-state index is 0.216. The topological polar surface area (TPSA) is 140 Å². The number of ether oxygens (including phenoxy) is 1. The lowest BCUT2D eigenvalue weighted by molar-refractivity contribution is -0.119. The highest BCUT2D eigenvalue weighted by atomic mass is 32.1. The van der Waals surface area contributed by atoms with Gasteiger partial charge in [0.1, 0.15) is 4.88 Å². The van der Waals surface area contributed by atoms with E-state index in [1.54, 1.807) is 38.1 Å². The van der Waals surface area contributed by atoms with Crippen LogP contribution >= 0.6 is 11.3 Å². The lowest BCUT2D eigenvalue weighted by Crippen LogP contribution is -2.37. The molecule has 0 spiro atoms. The maximum atomic E-state index is 13.0. The van der Waals surface area contributed by atoms with Crippen LogP contribution < -0.4 is 10.6 Å². The molecule has 0 bridgehead atoms. The third-order valence-corrected chi connectivity index (χ3v) is 6.80. The van der Waals surface area contributed by atoms with Crippen molar-refractivity contribution >= 4 is 34.3 Å². The first kappa shape index (κ1) is 25.5. The van der Waals surface area contributed by atoms with E-state index in [1.807, 2.05) is 18.9 Å². The SMILES string of the molecule is CCCOC(=O)c1sc(NC(=O)[C@H]2C[C@@H](NC(=O)c3cccc(-c4noc(C)n4)c3)CN2C)nc1C. The van der Waals surface area contributed by atoms with E-state index in [9.17, 15) is 14.4 Å². The van der Waals surface area contributed by atoms with Crippen LogP contribution in [0.1, 0.15) is 51.4 Å². The summed E-state index contributed by atoms with van der Waals surface area (Å²) in [6.45, 7) is 6.17. The van der Waals surface area contributed by atoms with Gasteiger partial charge < -0.3 is 19.9 Å². The van der Waals surface area contributed by atoms with Gasteiger partial charge in [0, 0.05) is 30.6 Å². The van der Waals surface area contributed by atoms with Gasteiger partial charge in [0.2, 0.25) is 17.6 Å². The van der Waals surface area contributed by atoms with Crippen molar-refractivity contribution in [1.29, 1.82) is 0 Å². The summed E-state index contributed by atoms with van der Waals surface area (Å²) in [7, 11) is 1.83. The number of carbonyl (C=O) groups is 3. The molecule has 2 N–H and O–H groups in total. The average Bonchev–Trinajstić information content (AvgIpc) is 3.55. The number of aromatic nitrogens is 3. The molecule has 12 heteroatoms. The summed E-state index contributed by atoms with van der Waals surface area (Å²) in [6, 6.07) is 6.31. The summed E-state index contributed by atoms with van der Waals surface area (Å²) < 4.78 is 10.2. The molecule has 1 aromatic carbocycles. The lowest BCUT2D eigenvalue weighted by Gasteiger charge is -2.17. The summed E-state index contributed by atoms with van der Waals surface area (Å²) >= 11 is 1.09. The summed E-state index contributed by atoms with van der Waals surface area (Å²) in [4.78, 5) is 48.8. The molecule has 0 radical (unpaired) electrons. The van der Waals surface area contributed by atoms with Gasteiger partial charge in [-0.05, 0) is 38.9 Å². The fraction of sp³-hybridized carbons (Fsp3) is 0.417. The zero-order valence-electron chi connectivity index (χ0n) is 20.5. The number of rotatable bonds is 8. The van der Waals surface area contributed by atoms with Crippen LogP contribution in [-0.4, -0.2) is 70.1 Å². The van der Waals surface area contributed by atoms with Crippen LogP contribution in [0.3, 0.4) is 0 Å². The van der Waals surface area contributed by atoms with Crippen LogP contribution in [0.2, 0.25) is 0 Å². The molecule has 4 rings (SSSR count). The van der Waals surface area contributed by atoms with Gasteiger partial charge in [0.25, 0.3) is 5.91 Å². The number of esters is 1. The number of likely N-dealkylation sites (tertiary alicyclic amines) is 1. The van der Waals surface area contributed by atoms with Crippen LogP contribution in [0.25, 0.3) is 11.4 Å². The Morgan fingerprint density at radius 1 is 1.25 bits per heavy atom. The van der Waals surface area contributed by atoms with Gasteiger partial charge in [-0.2, -0.15) is 4.98 Å². The van der Waals surface area contributed by atoms with Crippen molar-refractivity contribution in [1.82, 2.24) is 25.3 Å². The Hall–Kier alpha value is -3.64. The fourth-order valence-electron chi connectivity index (χ4n) is 3.98. The largest absolute Gasteiger partial charge is 0.461 e. The first-order chi connectivity index (χ1) is 17.2. The average molecular weight is 513 g/mol. The summed E-state index contributed by atoms with van der Waals surface area (Å²) in [6.07, 6.45) is 1.16. The Bertz CT molecular complexity index is 1270. The molecule has 1 aliphatic rings. The minimum atomic E-state index is -0.455. The van der Waals surface area contributed by atoms with E-state index in [1.165, 1.54) is 0 Å². The van der Waals surface area contributed by atoms with Gasteiger partial charge in [-0.1, -0.05) is 35.5 Å². The number of hydrogen-bond acceptors (Lipinski definition) is 10. The fourth-order valence-corrected chi connectivity index (χ4v) is 4.85. The smallest absolute Gasteiger partial charge is 0.350 e. The van der Waals surface area contributed by atoms with Crippen molar-refractivity contribution in [3.63, 3.8) is 0 Å². The molecule has 0 saturated carbocycles. The first-order valence-corrected chi connectivity index (χ1v) is 12.4. The van der Waals surface area contributed by atoms with E-state index in [0.717, 1.165) is 17.8 Å². The van der Waals surface area contributed by atoms with E-state index in [4.69, 9.17) is 9.26 Å². The van der Waals surface area contributed by atoms with Crippen molar-refractivity contribution in [2.45, 2.75) is 45.7 Å². The second-order valence-electron chi connectivity index (χ2n) is 8.64. The number of benzene rings is 1. The number of amides is 2.